The average molecular weight is 251 g/mol. The van der Waals surface area contributed by atoms with Crippen LogP contribution in [0.1, 0.15) is 51.4 Å². The molecule has 1 N–H and O–H groups in total. The molecule has 1 atom stereocenters. The number of ether oxygens (including phenoxy) is 1. The van der Waals surface area contributed by atoms with Gasteiger partial charge in [0.2, 0.25) is 0 Å². The molecular weight excluding hydrogens is 226 g/mol. The van der Waals surface area contributed by atoms with Gasteiger partial charge in [-0.1, -0.05) is 26.8 Å². The van der Waals surface area contributed by atoms with Gasteiger partial charge >= 0.3 is 0 Å². The summed E-state index contributed by atoms with van der Waals surface area (Å²) in [6.45, 7) is 6.67. The molecule has 0 spiro atoms. The third-order valence-electron chi connectivity index (χ3n) is 2.51. The zero-order valence-corrected chi connectivity index (χ0v) is 10.8. The average Bonchev–Trinajstić information content (AvgIpc) is 2.30. The van der Waals surface area contributed by atoms with Gasteiger partial charge in [0.1, 0.15) is 5.75 Å². The topological polar surface area (TPSA) is 38.3 Å². The first kappa shape index (κ1) is 16.5. The third kappa shape index (κ3) is 5.21. The largest absolute Gasteiger partial charge is 0.494 e. The SMILES string of the molecule is C.CCC[C@@H](C)NC(=O)c1cccc(OCC)c1. The smallest absolute Gasteiger partial charge is 0.251 e. The van der Waals surface area contributed by atoms with E-state index >= 15 is 0 Å². The van der Waals surface area contributed by atoms with Crippen LogP contribution in [-0.4, -0.2) is 18.6 Å². The summed E-state index contributed by atoms with van der Waals surface area (Å²) in [6, 6.07) is 7.48. The molecular formula is C15H25NO2. The molecule has 0 saturated carbocycles. The molecule has 0 fully saturated rings. The van der Waals surface area contributed by atoms with Crippen molar-refractivity contribution in [1.29, 1.82) is 0 Å². The summed E-state index contributed by atoms with van der Waals surface area (Å²) in [6.07, 6.45) is 2.07. The Hall–Kier alpha value is -1.51. The van der Waals surface area contributed by atoms with E-state index in [1.165, 1.54) is 0 Å². The first-order valence-corrected chi connectivity index (χ1v) is 6.21. The van der Waals surface area contributed by atoms with Crippen molar-refractivity contribution in [2.24, 2.45) is 0 Å². The standard InChI is InChI=1S/C14H21NO2.CH4/c1-4-7-11(3)15-14(16)12-8-6-9-13(10-12)17-5-2;/h6,8-11H,4-5,7H2,1-3H3,(H,15,16);1H4/t11-;/m1./s1. The summed E-state index contributed by atoms with van der Waals surface area (Å²) < 4.78 is 5.37. The van der Waals surface area contributed by atoms with Crippen LogP contribution in [-0.2, 0) is 0 Å². The number of hydrogen-bond acceptors (Lipinski definition) is 2. The van der Waals surface area contributed by atoms with E-state index in [9.17, 15) is 4.79 Å². The quantitative estimate of drug-likeness (QED) is 0.838. The molecule has 3 nitrogen and oxygen atoms in total. The number of rotatable bonds is 6. The Morgan fingerprint density at radius 1 is 1.39 bits per heavy atom. The molecule has 0 aliphatic carbocycles. The van der Waals surface area contributed by atoms with Crippen molar-refractivity contribution in [3.8, 4) is 5.75 Å². The fourth-order valence-corrected chi connectivity index (χ4v) is 1.71. The summed E-state index contributed by atoms with van der Waals surface area (Å²) in [5.41, 5.74) is 0.652. The van der Waals surface area contributed by atoms with E-state index in [1.54, 1.807) is 12.1 Å². The summed E-state index contributed by atoms with van der Waals surface area (Å²) in [4.78, 5) is 11.9. The zero-order chi connectivity index (χ0) is 12.7. The number of nitrogens with one attached hydrogen (secondary N) is 1. The number of amides is 1. The summed E-state index contributed by atoms with van der Waals surface area (Å²) >= 11 is 0. The van der Waals surface area contributed by atoms with Crippen molar-refractivity contribution in [3.63, 3.8) is 0 Å². The zero-order valence-electron chi connectivity index (χ0n) is 10.8. The van der Waals surface area contributed by atoms with Crippen LogP contribution in [0.4, 0.5) is 0 Å². The lowest BCUT2D eigenvalue weighted by atomic mass is 10.1. The van der Waals surface area contributed by atoms with Crippen LogP contribution in [0.5, 0.6) is 5.75 Å². The van der Waals surface area contributed by atoms with Crippen LogP contribution in [0.15, 0.2) is 24.3 Å². The second kappa shape index (κ2) is 8.56. The van der Waals surface area contributed by atoms with Gasteiger partial charge in [0, 0.05) is 11.6 Å². The van der Waals surface area contributed by atoms with Crippen LogP contribution >= 0.6 is 0 Å². The fraction of sp³-hybridized carbons (Fsp3) is 0.533. The minimum Gasteiger partial charge on any atom is -0.494 e. The molecule has 0 aliphatic heterocycles. The molecule has 1 aromatic carbocycles. The first-order valence-electron chi connectivity index (χ1n) is 6.21. The molecule has 1 rings (SSSR count). The van der Waals surface area contributed by atoms with Crippen molar-refractivity contribution >= 4 is 5.91 Å². The molecule has 0 unspecified atom stereocenters. The minimum absolute atomic E-state index is 0. The van der Waals surface area contributed by atoms with Crippen LogP contribution in [0.25, 0.3) is 0 Å². The maximum atomic E-state index is 11.9. The van der Waals surface area contributed by atoms with Crippen LogP contribution < -0.4 is 10.1 Å². The molecule has 3 heteroatoms. The molecule has 1 amide bonds. The van der Waals surface area contributed by atoms with E-state index in [-0.39, 0.29) is 19.4 Å². The van der Waals surface area contributed by atoms with E-state index in [1.807, 2.05) is 26.0 Å². The number of benzene rings is 1. The first-order chi connectivity index (χ1) is 8.17. The van der Waals surface area contributed by atoms with E-state index in [4.69, 9.17) is 4.74 Å². The van der Waals surface area contributed by atoms with Gasteiger partial charge < -0.3 is 10.1 Å². The van der Waals surface area contributed by atoms with Crippen LogP contribution in [0.3, 0.4) is 0 Å². The van der Waals surface area contributed by atoms with Gasteiger partial charge in [0.25, 0.3) is 5.91 Å². The molecule has 0 aromatic heterocycles. The second-order valence-corrected chi connectivity index (χ2v) is 4.12. The van der Waals surface area contributed by atoms with Crippen molar-refractivity contribution in [3.05, 3.63) is 29.8 Å². The Bertz CT molecular complexity index is 363. The van der Waals surface area contributed by atoms with E-state index in [0.29, 0.717) is 12.2 Å². The van der Waals surface area contributed by atoms with E-state index < -0.39 is 0 Å². The summed E-state index contributed by atoms with van der Waals surface area (Å²) in [5.74, 6) is 0.704. The van der Waals surface area contributed by atoms with Crippen molar-refractivity contribution in [2.45, 2.75) is 47.1 Å². The van der Waals surface area contributed by atoms with Gasteiger partial charge in [-0.15, -0.1) is 0 Å². The molecule has 1 aromatic rings. The Labute approximate surface area is 111 Å². The second-order valence-electron chi connectivity index (χ2n) is 4.12. The molecule has 18 heavy (non-hydrogen) atoms. The lowest BCUT2D eigenvalue weighted by Crippen LogP contribution is -2.32. The lowest BCUT2D eigenvalue weighted by molar-refractivity contribution is 0.0938. The molecule has 0 saturated heterocycles. The van der Waals surface area contributed by atoms with E-state index in [2.05, 4.69) is 12.2 Å². The molecule has 0 aliphatic rings. The monoisotopic (exact) mass is 251 g/mol. The maximum Gasteiger partial charge on any atom is 0.251 e. The highest BCUT2D eigenvalue weighted by Gasteiger charge is 2.09. The Morgan fingerprint density at radius 2 is 2.11 bits per heavy atom. The van der Waals surface area contributed by atoms with Gasteiger partial charge in [-0.3, -0.25) is 4.79 Å². The Morgan fingerprint density at radius 3 is 2.72 bits per heavy atom. The normalized spacial score (nSPS) is 11.3. The summed E-state index contributed by atoms with van der Waals surface area (Å²) in [7, 11) is 0. The van der Waals surface area contributed by atoms with Crippen LogP contribution in [0.2, 0.25) is 0 Å². The lowest BCUT2D eigenvalue weighted by Gasteiger charge is -2.13. The molecule has 0 bridgehead atoms. The Balaban J connectivity index is 0.00000289. The fourth-order valence-electron chi connectivity index (χ4n) is 1.71. The predicted octanol–water partition coefficient (Wildman–Crippen LogP) is 3.64. The predicted molar refractivity (Wildman–Crippen MR) is 76.2 cm³/mol. The highest BCUT2D eigenvalue weighted by atomic mass is 16.5. The third-order valence-corrected chi connectivity index (χ3v) is 2.51. The van der Waals surface area contributed by atoms with Gasteiger partial charge in [0.15, 0.2) is 0 Å². The number of hydrogen-bond donors (Lipinski definition) is 1. The number of carbonyl (C=O) groups is 1. The van der Waals surface area contributed by atoms with Gasteiger partial charge in [0.05, 0.1) is 6.61 Å². The Kier molecular flexibility index (Phi) is 7.84. The van der Waals surface area contributed by atoms with Gasteiger partial charge in [-0.25, -0.2) is 0 Å². The molecule has 102 valence electrons. The summed E-state index contributed by atoms with van der Waals surface area (Å²) in [5, 5.41) is 2.97. The van der Waals surface area contributed by atoms with Gasteiger partial charge in [-0.05, 0) is 38.5 Å². The van der Waals surface area contributed by atoms with E-state index in [0.717, 1.165) is 18.6 Å². The number of carbonyl (C=O) groups excluding carboxylic acids is 1. The van der Waals surface area contributed by atoms with Gasteiger partial charge in [-0.2, -0.15) is 0 Å². The highest BCUT2D eigenvalue weighted by molar-refractivity contribution is 5.94. The molecule has 0 radical (unpaired) electrons. The van der Waals surface area contributed by atoms with Crippen LogP contribution in [0, 0.1) is 0 Å². The minimum atomic E-state index is -0.0347. The highest BCUT2D eigenvalue weighted by Crippen LogP contribution is 2.13. The molecule has 0 heterocycles. The van der Waals surface area contributed by atoms with Crippen molar-refractivity contribution < 1.29 is 9.53 Å². The maximum absolute atomic E-state index is 11.9. The van der Waals surface area contributed by atoms with Crippen molar-refractivity contribution in [1.82, 2.24) is 5.32 Å². The van der Waals surface area contributed by atoms with Crippen molar-refractivity contribution in [2.75, 3.05) is 6.61 Å².